The van der Waals surface area contributed by atoms with Crippen molar-refractivity contribution in [3.8, 4) is 0 Å². The highest BCUT2D eigenvalue weighted by molar-refractivity contribution is 6.21. The number of pyridine rings is 1. The number of hydrogen-bond donors (Lipinski definition) is 1. The SMILES string of the molecule is N/C(=N\N1C(=O)c2ccccc2C1=O)c1ccccn1. The Morgan fingerprint density at radius 3 is 2.15 bits per heavy atom. The van der Waals surface area contributed by atoms with Gasteiger partial charge in [0.25, 0.3) is 11.8 Å². The number of carbonyl (C=O) groups is 2. The smallest absolute Gasteiger partial charge is 0.282 e. The molecule has 0 spiro atoms. The van der Waals surface area contributed by atoms with E-state index in [2.05, 4.69) is 10.1 Å². The second kappa shape index (κ2) is 4.58. The molecule has 1 aliphatic heterocycles. The highest BCUT2D eigenvalue weighted by atomic mass is 16.2. The van der Waals surface area contributed by atoms with Crippen LogP contribution in [0.3, 0.4) is 0 Å². The van der Waals surface area contributed by atoms with Crippen molar-refractivity contribution in [2.24, 2.45) is 10.8 Å². The molecule has 2 heterocycles. The Kier molecular flexibility index (Phi) is 2.76. The van der Waals surface area contributed by atoms with E-state index in [1.807, 2.05) is 0 Å². The number of hydrogen-bond acceptors (Lipinski definition) is 4. The fraction of sp³-hybridized carbons (Fsp3) is 0. The van der Waals surface area contributed by atoms with E-state index in [9.17, 15) is 9.59 Å². The van der Waals surface area contributed by atoms with Crippen LogP contribution in [-0.4, -0.2) is 27.6 Å². The Labute approximate surface area is 114 Å². The van der Waals surface area contributed by atoms with Crippen LogP contribution < -0.4 is 5.73 Å². The van der Waals surface area contributed by atoms with E-state index in [-0.39, 0.29) is 5.84 Å². The molecule has 0 bridgehead atoms. The molecule has 1 aliphatic rings. The molecule has 0 atom stereocenters. The van der Waals surface area contributed by atoms with Crippen LogP contribution in [0.15, 0.2) is 53.8 Å². The first-order chi connectivity index (χ1) is 9.68. The summed E-state index contributed by atoms with van der Waals surface area (Å²) in [7, 11) is 0. The molecular weight excluding hydrogens is 256 g/mol. The van der Waals surface area contributed by atoms with Crippen molar-refractivity contribution in [1.29, 1.82) is 0 Å². The molecule has 1 aromatic heterocycles. The minimum atomic E-state index is -0.482. The van der Waals surface area contributed by atoms with Gasteiger partial charge < -0.3 is 5.73 Å². The van der Waals surface area contributed by atoms with Crippen LogP contribution in [0, 0.1) is 0 Å². The summed E-state index contributed by atoms with van der Waals surface area (Å²) in [6.07, 6.45) is 1.56. The third kappa shape index (κ3) is 1.83. The summed E-state index contributed by atoms with van der Waals surface area (Å²) in [5, 5.41) is 4.66. The summed E-state index contributed by atoms with van der Waals surface area (Å²) in [5.74, 6) is -0.950. The number of fused-ring (bicyclic) bond motifs is 1. The van der Waals surface area contributed by atoms with Gasteiger partial charge in [-0.05, 0) is 24.3 Å². The summed E-state index contributed by atoms with van der Waals surface area (Å²) < 4.78 is 0. The molecule has 0 unspecified atom stereocenters. The van der Waals surface area contributed by atoms with Gasteiger partial charge in [-0.3, -0.25) is 14.6 Å². The molecule has 0 saturated carbocycles. The van der Waals surface area contributed by atoms with Gasteiger partial charge in [0.1, 0.15) is 5.69 Å². The van der Waals surface area contributed by atoms with Crippen LogP contribution >= 0.6 is 0 Å². The lowest BCUT2D eigenvalue weighted by atomic mass is 10.1. The molecule has 1 aromatic carbocycles. The van der Waals surface area contributed by atoms with E-state index < -0.39 is 11.8 Å². The first-order valence-electron chi connectivity index (χ1n) is 5.92. The lowest BCUT2D eigenvalue weighted by Gasteiger charge is -2.07. The zero-order valence-corrected chi connectivity index (χ0v) is 10.4. The van der Waals surface area contributed by atoms with Crippen molar-refractivity contribution in [3.05, 3.63) is 65.5 Å². The second-order valence-corrected chi connectivity index (χ2v) is 4.17. The van der Waals surface area contributed by atoms with E-state index >= 15 is 0 Å². The zero-order chi connectivity index (χ0) is 14.1. The number of imide groups is 1. The molecule has 2 amide bonds. The molecule has 2 N–H and O–H groups in total. The first kappa shape index (κ1) is 12.0. The Balaban J connectivity index is 1.98. The normalized spacial score (nSPS) is 14.6. The van der Waals surface area contributed by atoms with Crippen LogP contribution in [0.2, 0.25) is 0 Å². The van der Waals surface area contributed by atoms with Crippen molar-refractivity contribution in [1.82, 2.24) is 9.99 Å². The quantitative estimate of drug-likeness (QED) is 0.499. The number of carbonyl (C=O) groups excluding carboxylic acids is 2. The Bertz CT molecular complexity index is 690. The van der Waals surface area contributed by atoms with Gasteiger partial charge in [0.15, 0.2) is 5.84 Å². The molecule has 20 heavy (non-hydrogen) atoms. The van der Waals surface area contributed by atoms with E-state index in [0.717, 1.165) is 5.01 Å². The number of nitrogens with zero attached hydrogens (tertiary/aromatic N) is 3. The summed E-state index contributed by atoms with van der Waals surface area (Å²) >= 11 is 0. The third-order valence-electron chi connectivity index (χ3n) is 2.91. The number of amidine groups is 1. The standard InChI is InChI=1S/C14H10N4O2/c15-12(11-7-3-4-8-16-11)17-18-13(19)9-5-1-2-6-10(9)14(18)20/h1-8H,(H2,15,17). The molecule has 0 aliphatic carbocycles. The van der Waals surface area contributed by atoms with Crippen LogP contribution in [0.5, 0.6) is 0 Å². The van der Waals surface area contributed by atoms with Crippen molar-refractivity contribution < 1.29 is 9.59 Å². The number of amides is 2. The van der Waals surface area contributed by atoms with Crippen molar-refractivity contribution in [3.63, 3.8) is 0 Å². The van der Waals surface area contributed by atoms with Gasteiger partial charge in [0.05, 0.1) is 11.1 Å². The zero-order valence-electron chi connectivity index (χ0n) is 10.4. The van der Waals surface area contributed by atoms with Crippen LogP contribution in [0.4, 0.5) is 0 Å². The van der Waals surface area contributed by atoms with E-state index in [4.69, 9.17) is 5.73 Å². The largest absolute Gasteiger partial charge is 0.380 e. The molecule has 2 aromatic rings. The lowest BCUT2D eigenvalue weighted by Crippen LogP contribution is -2.29. The van der Waals surface area contributed by atoms with Gasteiger partial charge in [-0.15, -0.1) is 5.10 Å². The Morgan fingerprint density at radius 1 is 1.00 bits per heavy atom. The molecule has 6 nitrogen and oxygen atoms in total. The number of aromatic nitrogens is 1. The van der Waals surface area contributed by atoms with Gasteiger partial charge in [0, 0.05) is 6.20 Å². The highest BCUT2D eigenvalue weighted by Gasteiger charge is 2.35. The number of hydrazone groups is 1. The fourth-order valence-electron chi connectivity index (χ4n) is 1.94. The lowest BCUT2D eigenvalue weighted by molar-refractivity contribution is 0.0658. The molecule has 3 rings (SSSR count). The van der Waals surface area contributed by atoms with Crippen molar-refractivity contribution in [2.75, 3.05) is 0 Å². The molecule has 98 valence electrons. The maximum atomic E-state index is 12.1. The predicted molar refractivity (Wildman–Crippen MR) is 71.9 cm³/mol. The maximum absolute atomic E-state index is 12.1. The van der Waals surface area contributed by atoms with Crippen LogP contribution in [0.1, 0.15) is 26.4 Å². The van der Waals surface area contributed by atoms with Crippen molar-refractivity contribution in [2.45, 2.75) is 0 Å². The summed E-state index contributed by atoms with van der Waals surface area (Å²) in [6.45, 7) is 0. The first-order valence-corrected chi connectivity index (χ1v) is 5.92. The number of rotatable bonds is 2. The molecule has 0 radical (unpaired) electrons. The average Bonchev–Trinajstić information content (AvgIpc) is 2.74. The van der Waals surface area contributed by atoms with Gasteiger partial charge in [-0.25, -0.2) is 0 Å². The second-order valence-electron chi connectivity index (χ2n) is 4.17. The average molecular weight is 266 g/mol. The number of benzene rings is 1. The summed E-state index contributed by atoms with van der Waals surface area (Å²) in [5.41, 5.74) is 6.84. The molecule has 0 fully saturated rings. The fourth-order valence-corrected chi connectivity index (χ4v) is 1.94. The van der Waals surface area contributed by atoms with E-state index in [1.54, 1.807) is 48.7 Å². The minimum absolute atomic E-state index is 0.0140. The molecule has 0 saturated heterocycles. The summed E-state index contributed by atoms with van der Waals surface area (Å²) in [4.78, 5) is 28.2. The highest BCUT2D eigenvalue weighted by Crippen LogP contribution is 2.22. The number of nitrogens with two attached hydrogens (primary N) is 1. The monoisotopic (exact) mass is 266 g/mol. The van der Waals surface area contributed by atoms with Crippen LogP contribution in [-0.2, 0) is 0 Å². The maximum Gasteiger partial charge on any atom is 0.282 e. The molecule has 6 heteroatoms. The minimum Gasteiger partial charge on any atom is -0.380 e. The third-order valence-corrected chi connectivity index (χ3v) is 2.91. The van der Waals surface area contributed by atoms with Gasteiger partial charge >= 0.3 is 0 Å². The predicted octanol–water partition coefficient (Wildman–Crippen LogP) is 0.998. The topological polar surface area (TPSA) is 88.6 Å². The summed E-state index contributed by atoms with van der Waals surface area (Å²) in [6, 6.07) is 11.7. The van der Waals surface area contributed by atoms with Gasteiger partial charge in [-0.1, -0.05) is 18.2 Å². The van der Waals surface area contributed by atoms with Crippen molar-refractivity contribution >= 4 is 17.6 Å². The van der Waals surface area contributed by atoms with E-state index in [1.165, 1.54) is 0 Å². The molecular formula is C14H10N4O2. The Hall–Kier alpha value is -3.02. The van der Waals surface area contributed by atoms with Gasteiger partial charge in [-0.2, -0.15) is 5.01 Å². The van der Waals surface area contributed by atoms with Crippen LogP contribution in [0.25, 0.3) is 0 Å². The van der Waals surface area contributed by atoms with E-state index in [0.29, 0.717) is 16.8 Å². The Morgan fingerprint density at radius 2 is 1.60 bits per heavy atom. The van der Waals surface area contributed by atoms with Gasteiger partial charge in [0.2, 0.25) is 0 Å².